The summed E-state index contributed by atoms with van der Waals surface area (Å²) in [4.78, 5) is 6.54. The van der Waals surface area contributed by atoms with Gasteiger partial charge in [0, 0.05) is 32.4 Å². The minimum Gasteiger partial charge on any atom is -0.355 e. The third-order valence-corrected chi connectivity index (χ3v) is 2.77. The van der Waals surface area contributed by atoms with Crippen molar-refractivity contribution < 1.29 is 0 Å². The number of halogens is 1. The molecule has 4 nitrogen and oxygen atoms in total. The van der Waals surface area contributed by atoms with Crippen molar-refractivity contribution in [3.8, 4) is 0 Å². The van der Waals surface area contributed by atoms with Gasteiger partial charge in [0.15, 0.2) is 0 Å². The minimum atomic E-state index is 0.439. The molecule has 0 radical (unpaired) electrons. The van der Waals surface area contributed by atoms with E-state index in [0.29, 0.717) is 5.88 Å². The van der Waals surface area contributed by atoms with Gasteiger partial charge in [-0.05, 0) is 12.1 Å². The molecular formula is C12H15ClN4. The topological polar surface area (TPSA) is 34.0 Å². The Balaban J connectivity index is 2.11. The predicted molar refractivity (Wildman–Crippen MR) is 69.1 cm³/mol. The van der Waals surface area contributed by atoms with E-state index in [1.807, 2.05) is 44.7 Å². The van der Waals surface area contributed by atoms with Crippen molar-refractivity contribution in [2.45, 2.75) is 12.4 Å². The molecule has 0 bridgehead atoms. The van der Waals surface area contributed by atoms with E-state index in [9.17, 15) is 0 Å². The Labute approximate surface area is 106 Å². The lowest BCUT2D eigenvalue weighted by Gasteiger charge is -2.17. The summed E-state index contributed by atoms with van der Waals surface area (Å²) in [6, 6.07) is 5.88. The highest BCUT2D eigenvalue weighted by molar-refractivity contribution is 6.16. The standard InChI is InChI=1S/C12H15ClN4/c1-16(8-10-7-14-17(2)9-10)12-5-3-4-11(6-13)15-12/h3-5,7,9H,6,8H2,1-2H3. The zero-order chi connectivity index (χ0) is 12.3. The van der Waals surface area contributed by atoms with Crippen LogP contribution in [-0.2, 0) is 19.5 Å². The largest absolute Gasteiger partial charge is 0.355 e. The molecule has 17 heavy (non-hydrogen) atoms. The molecule has 0 saturated carbocycles. The van der Waals surface area contributed by atoms with Crippen LogP contribution in [0.15, 0.2) is 30.6 Å². The third kappa shape index (κ3) is 2.97. The van der Waals surface area contributed by atoms with Gasteiger partial charge < -0.3 is 4.90 Å². The Kier molecular flexibility index (Phi) is 3.64. The van der Waals surface area contributed by atoms with Crippen LogP contribution in [-0.4, -0.2) is 21.8 Å². The fraction of sp³-hybridized carbons (Fsp3) is 0.333. The van der Waals surface area contributed by atoms with Gasteiger partial charge in [0.2, 0.25) is 0 Å². The average molecular weight is 251 g/mol. The van der Waals surface area contributed by atoms with Crippen LogP contribution in [0.25, 0.3) is 0 Å². The first-order chi connectivity index (χ1) is 8.19. The zero-order valence-corrected chi connectivity index (χ0v) is 10.7. The summed E-state index contributed by atoms with van der Waals surface area (Å²) in [6.07, 6.45) is 3.86. The first kappa shape index (κ1) is 11.9. The maximum atomic E-state index is 5.77. The van der Waals surface area contributed by atoms with Gasteiger partial charge in [-0.25, -0.2) is 4.98 Å². The number of alkyl halides is 1. The third-order valence-electron chi connectivity index (χ3n) is 2.50. The van der Waals surface area contributed by atoms with Crippen LogP contribution < -0.4 is 4.90 Å². The molecule has 0 amide bonds. The minimum absolute atomic E-state index is 0.439. The maximum absolute atomic E-state index is 5.77. The summed E-state index contributed by atoms with van der Waals surface area (Å²) >= 11 is 5.77. The van der Waals surface area contributed by atoms with E-state index in [2.05, 4.69) is 15.0 Å². The number of nitrogens with zero attached hydrogens (tertiary/aromatic N) is 4. The monoisotopic (exact) mass is 250 g/mol. The molecule has 0 unspecified atom stereocenters. The summed E-state index contributed by atoms with van der Waals surface area (Å²) in [7, 11) is 3.92. The van der Waals surface area contributed by atoms with Crippen LogP contribution in [0.2, 0.25) is 0 Å². The molecule has 0 fully saturated rings. The lowest BCUT2D eigenvalue weighted by Crippen LogP contribution is -2.17. The smallest absolute Gasteiger partial charge is 0.128 e. The summed E-state index contributed by atoms with van der Waals surface area (Å²) in [5.74, 6) is 1.36. The van der Waals surface area contributed by atoms with Crippen LogP contribution in [0.3, 0.4) is 0 Å². The van der Waals surface area contributed by atoms with Gasteiger partial charge in [0.25, 0.3) is 0 Å². The predicted octanol–water partition coefficient (Wildman–Crippen LogP) is 2.19. The van der Waals surface area contributed by atoms with Gasteiger partial charge in [-0.3, -0.25) is 4.68 Å². The fourth-order valence-corrected chi connectivity index (χ4v) is 1.81. The van der Waals surface area contributed by atoms with E-state index in [-0.39, 0.29) is 0 Å². The summed E-state index contributed by atoms with van der Waals surface area (Å²) in [5, 5.41) is 4.15. The normalized spacial score (nSPS) is 10.5. The van der Waals surface area contributed by atoms with Crippen molar-refractivity contribution in [3.63, 3.8) is 0 Å². The second kappa shape index (κ2) is 5.19. The van der Waals surface area contributed by atoms with Crippen LogP contribution >= 0.6 is 11.6 Å². The highest BCUT2D eigenvalue weighted by Crippen LogP contribution is 2.13. The van der Waals surface area contributed by atoms with Crippen molar-refractivity contribution in [1.82, 2.24) is 14.8 Å². The van der Waals surface area contributed by atoms with Crippen molar-refractivity contribution in [3.05, 3.63) is 41.9 Å². The molecule has 5 heteroatoms. The molecule has 0 saturated heterocycles. The van der Waals surface area contributed by atoms with E-state index < -0.39 is 0 Å². The Morgan fingerprint density at radius 2 is 2.24 bits per heavy atom. The molecule has 0 aliphatic rings. The van der Waals surface area contributed by atoms with E-state index in [0.717, 1.165) is 23.6 Å². The van der Waals surface area contributed by atoms with Gasteiger partial charge in [-0.1, -0.05) is 6.07 Å². The molecule has 2 rings (SSSR count). The molecule has 0 spiro atoms. The molecule has 0 aliphatic heterocycles. The second-order valence-corrected chi connectivity index (χ2v) is 4.27. The Hall–Kier alpha value is -1.55. The highest BCUT2D eigenvalue weighted by atomic mass is 35.5. The number of hydrogen-bond acceptors (Lipinski definition) is 3. The lowest BCUT2D eigenvalue weighted by molar-refractivity contribution is 0.766. The molecule has 0 aromatic carbocycles. The van der Waals surface area contributed by atoms with Gasteiger partial charge in [-0.15, -0.1) is 11.6 Å². The Morgan fingerprint density at radius 3 is 2.88 bits per heavy atom. The second-order valence-electron chi connectivity index (χ2n) is 4.00. The number of rotatable bonds is 4. The molecule has 90 valence electrons. The van der Waals surface area contributed by atoms with Crippen molar-refractivity contribution in [1.29, 1.82) is 0 Å². The molecule has 2 heterocycles. The van der Waals surface area contributed by atoms with E-state index >= 15 is 0 Å². The van der Waals surface area contributed by atoms with Crippen LogP contribution in [0.4, 0.5) is 5.82 Å². The van der Waals surface area contributed by atoms with E-state index in [1.165, 1.54) is 0 Å². The van der Waals surface area contributed by atoms with Gasteiger partial charge in [-0.2, -0.15) is 5.10 Å². The number of aromatic nitrogens is 3. The average Bonchev–Trinajstić information content (AvgIpc) is 2.75. The van der Waals surface area contributed by atoms with Gasteiger partial charge in [0.1, 0.15) is 5.82 Å². The first-order valence-electron chi connectivity index (χ1n) is 5.39. The maximum Gasteiger partial charge on any atom is 0.128 e. The van der Waals surface area contributed by atoms with Crippen molar-refractivity contribution in [2.24, 2.45) is 7.05 Å². The lowest BCUT2D eigenvalue weighted by atomic mass is 10.3. The quantitative estimate of drug-likeness (QED) is 0.780. The Morgan fingerprint density at radius 1 is 1.41 bits per heavy atom. The Bertz CT molecular complexity index is 495. The summed E-state index contributed by atoms with van der Waals surface area (Å²) in [5.41, 5.74) is 2.05. The number of pyridine rings is 1. The zero-order valence-electron chi connectivity index (χ0n) is 9.97. The molecular weight excluding hydrogens is 236 g/mol. The van der Waals surface area contributed by atoms with Crippen LogP contribution in [0, 0.1) is 0 Å². The van der Waals surface area contributed by atoms with Crippen LogP contribution in [0.1, 0.15) is 11.3 Å². The van der Waals surface area contributed by atoms with Crippen molar-refractivity contribution in [2.75, 3.05) is 11.9 Å². The van der Waals surface area contributed by atoms with Crippen molar-refractivity contribution >= 4 is 17.4 Å². The fourth-order valence-electron chi connectivity index (χ4n) is 1.66. The summed E-state index contributed by atoms with van der Waals surface area (Å²) < 4.78 is 1.80. The van der Waals surface area contributed by atoms with E-state index in [4.69, 9.17) is 11.6 Å². The number of hydrogen-bond donors (Lipinski definition) is 0. The van der Waals surface area contributed by atoms with Crippen LogP contribution in [0.5, 0.6) is 0 Å². The number of anilines is 1. The molecule has 2 aromatic heterocycles. The van der Waals surface area contributed by atoms with Gasteiger partial charge in [0.05, 0.1) is 17.8 Å². The molecule has 0 aliphatic carbocycles. The SMILES string of the molecule is CN(Cc1cnn(C)c1)c1cccc(CCl)n1. The van der Waals surface area contributed by atoms with E-state index in [1.54, 1.807) is 4.68 Å². The number of aryl methyl sites for hydroxylation is 1. The molecule has 0 N–H and O–H groups in total. The molecule has 2 aromatic rings. The summed E-state index contributed by atoms with van der Waals surface area (Å²) in [6.45, 7) is 0.784. The molecule has 0 atom stereocenters. The van der Waals surface area contributed by atoms with Gasteiger partial charge >= 0.3 is 0 Å². The first-order valence-corrected chi connectivity index (χ1v) is 5.93. The highest BCUT2D eigenvalue weighted by Gasteiger charge is 2.05.